The molecule has 2 nitrogen and oxygen atoms in total. The molecule has 1 N–H and O–H groups in total. The van der Waals surface area contributed by atoms with E-state index < -0.39 is 5.82 Å². The normalized spacial score (nSPS) is 20.9. The van der Waals surface area contributed by atoms with Gasteiger partial charge in [0.15, 0.2) is 0 Å². The van der Waals surface area contributed by atoms with E-state index in [1.54, 1.807) is 0 Å². The van der Waals surface area contributed by atoms with Crippen molar-refractivity contribution in [2.24, 2.45) is 5.92 Å². The van der Waals surface area contributed by atoms with Crippen molar-refractivity contribution >= 4 is 15.9 Å². The van der Waals surface area contributed by atoms with E-state index in [2.05, 4.69) is 28.2 Å². The zero-order valence-electron chi connectivity index (χ0n) is 11.6. The largest absolute Gasteiger partial charge is 0.381 e. The van der Waals surface area contributed by atoms with Crippen LogP contribution < -0.4 is 5.32 Å². The number of hydrogen-bond donors (Lipinski definition) is 1. The summed E-state index contributed by atoms with van der Waals surface area (Å²) in [5.74, 6) is -0.621. The lowest BCUT2D eigenvalue weighted by Crippen LogP contribution is -2.34. The summed E-state index contributed by atoms with van der Waals surface area (Å²) in [6, 6.07) is 2.30. The van der Waals surface area contributed by atoms with Crippen molar-refractivity contribution in [2.75, 3.05) is 19.8 Å². The first kappa shape index (κ1) is 15.9. The van der Waals surface area contributed by atoms with Gasteiger partial charge in [-0.25, -0.2) is 8.78 Å². The lowest BCUT2D eigenvalue weighted by atomic mass is 9.88. The SMILES string of the molecule is CCCNC(c1cc(F)c(Br)cc1F)C1CCCOC1. The molecule has 1 aromatic rings. The highest BCUT2D eigenvalue weighted by Crippen LogP contribution is 2.32. The van der Waals surface area contributed by atoms with Crippen LogP contribution in [0.4, 0.5) is 8.78 Å². The average Bonchev–Trinajstić information content (AvgIpc) is 2.45. The third kappa shape index (κ3) is 3.77. The minimum absolute atomic E-state index is 0.160. The second-order valence-corrected chi connectivity index (χ2v) is 6.05. The monoisotopic (exact) mass is 347 g/mol. The Kier molecular flexibility index (Phi) is 5.93. The molecule has 0 saturated carbocycles. The van der Waals surface area contributed by atoms with Gasteiger partial charge in [-0.15, -0.1) is 0 Å². The number of benzene rings is 1. The maximum absolute atomic E-state index is 14.2. The van der Waals surface area contributed by atoms with E-state index in [0.717, 1.165) is 32.4 Å². The molecule has 0 amide bonds. The summed E-state index contributed by atoms with van der Waals surface area (Å²) in [5, 5.41) is 3.34. The average molecular weight is 348 g/mol. The molecule has 20 heavy (non-hydrogen) atoms. The highest BCUT2D eigenvalue weighted by Gasteiger charge is 2.28. The van der Waals surface area contributed by atoms with Crippen molar-refractivity contribution in [3.8, 4) is 0 Å². The number of hydrogen-bond acceptors (Lipinski definition) is 2. The molecule has 0 bridgehead atoms. The van der Waals surface area contributed by atoms with Crippen LogP contribution in [-0.4, -0.2) is 19.8 Å². The van der Waals surface area contributed by atoms with Crippen molar-refractivity contribution < 1.29 is 13.5 Å². The van der Waals surface area contributed by atoms with E-state index in [1.807, 2.05) is 0 Å². The molecule has 1 heterocycles. The highest BCUT2D eigenvalue weighted by molar-refractivity contribution is 9.10. The van der Waals surface area contributed by atoms with Gasteiger partial charge in [-0.2, -0.15) is 0 Å². The maximum atomic E-state index is 14.2. The summed E-state index contributed by atoms with van der Waals surface area (Å²) in [6.45, 7) is 4.19. The van der Waals surface area contributed by atoms with Crippen LogP contribution in [0.2, 0.25) is 0 Å². The summed E-state index contributed by atoms with van der Waals surface area (Å²) in [4.78, 5) is 0. The number of rotatable bonds is 5. The summed E-state index contributed by atoms with van der Waals surface area (Å²) < 4.78 is 33.6. The maximum Gasteiger partial charge on any atom is 0.137 e. The van der Waals surface area contributed by atoms with E-state index in [9.17, 15) is 8.78 Å². The minimum Gasteiger partial charge on any atom is -0.381 e. The van der Waals surface area contributed by atoms with Crippen LogP contribution in [0.1, 0.15) is 37.8 Å². The number of nitrogens with one attached hydrogen (secondary N) is 1. The Hall–Kier alpha value is -0.520. The first-order valence-electron chi connectivity index (χ1n) is 7.09. The van der Waals surface area contributed by atoms with Crippen LogP contribution in [-0.2, 0) is 4.74 Å². The Morgan fingerprint density at radius 3 is 2.85 bits per heavy atom. The van der Waals surface area contributed by atoms with E-state index >= 15 is 0 Å². The molecule has 0 aromatic heterocycles. The minimum atomic E-state index is -0.429. The topological polar surface area (TPSA) is 21.3 Å². The van der Waals surface area contributed by atoms with E-state index in [1.165, 1.54) is 12.1 Å². The van der Waals surface area contributed by atoms with Crippen LogP contribution in [0.25, 0.3) is 0 Å². The molecule has 0 spiro atoms. The molecule has 2 atom stereocenters. The number of ether oxygens (including phenoxy) is 1. The first-order valence-corrected chi connectivity index (χ1v) is 7.88. The van der Waals surface area contributed by atoms with Crippen molar-refractivity contribution in [2.45, 2.75) is 32.2 Å². The molecule has 112 valence electrons. The second kappa shape index (κ2) is 7.48. The fourth-order valence-corrected chi connectivity index (χ4v) is 2.95. The molecular formula is C15H20BrF2NO. The molecule has 0 aliphatic carbocycles. The van der Waals surface area contributed by atoms with Gasteiger partial charge in [-0.1, -0.05) is 6.92 Å². The van der Waals surface area contributed by atoms with Gasteiger partial charge in [-0.05, 0) is 53.9 Å². The first-order chi connectivity index (χ1) is 9.63. The molecule has 2 rings (SSSR count). The predicted molar refractivity (Wildman–Crippen MR) is 78.6 cm³/mol. The molecular weight excluding hydrogens is 328 g/mol. The molecule has 1 aliphatic rings. The molecule has 5 heteroatoms. The van der Waals surface area contributed by atoms with Crippen LogP contribution in [0.3, 0.4) is 0 Å². The predicted octanol–water partition coefficient (Wildman–Crippen LogP) is 4.19. The molecule has 2 unspecified atom stereocenters. The quantitative estimate of drug-likeness (QED) is 0.806. The Bertz CT molecular complexity index is 450. The van der Waals surface area contributed by atoms with Crippen LogP contribution >= 0.6 is 15.9 Å². The fourth-order valence-electron chi connectivity index (χ4n) is 2.64. The summed E-state index contributed by atoms with van der Waals surface area (Å²) in [5.41, 5.74) is 0.398. The molecule has 1 aliphatic heterocycles. The third-order valence-corrected chi connectivity index (χ3v) is 4.26. The van der Waals surface area contributed by atoms with Gasteiger partial charge in [0.25, 0.3) is 0 Å². The van der Waals surface area contributed by atoms with Crippen molar-refractivity contribution in [3.05, 3.63) is 33.8 Å². The smallest absolute Gasteiger partial charge is 0.137 e. The van der Waals surface area contributed by atoms with E-state index in [-0.39, 0.29) is 22.2 Å². The molecule has 1 aromatic carbocycles. The van der Waals surface area contributed by atoms with Crippen molar-refractivity contribution in [1.29, 1.82) is 0 Å². The van der Waals surface area contributed by atoms with Crippen molar-refractivity contribution in [3.63, 3.8) is 0 Å². The summed E-state index contributed by atoms with van der Waals surface area (Å²) >= 11 is 3.02. The zero-order chi connectivity index (χ0) is 14.5. The number of halogens is 3. The van der Waals surface area contributed by atoms with Gasteiger partial charge < -0.3 is 10.1 Å². The van der Waals surface area contributed by atoms with Crippen LogP contribution in [0.15, 0.2) is 16.6 Å². The van der Waals surface area contributed by atoms with Gasteiger partial charge in [0.2, 0.25) is 0 Å². The van der Waals surface area contributed by atoms with Gasteiger partial charge in [-0.3, -0.25) is 0 Å². The van der Waals surface area contributed by atoms with Gasteiger partial charge in [0.05, 0.1) is 11.1 Å². The highest BCUT2D eigenvalue weighted by atomic mass is 79.9. The Morgan fingerprint density at radius 2 is 2.20 bits per heavy atom. The van der Waals surface area contributed by atoms with Crippen molar-refractivity contribution in [1.82, 2.24) is 5.32 Å². The zero-order valence-corrected chi connectivity index (χ0v) is 13.2. The van der Waals surface area contributed by atoms with Crippen LogP contribution in [0, 0.1) is 17.6 Å². The molecule has 1 saturated heterocycles. The van der Waals surface area contributed by atoms with E-state index in [0.29, 0.717) is 12.2 Å². The van der Waals surface area contributed by atoms with Gasteiger partial charge in [0, 0.05) is 24.1 Å². The summed E-state index contributed by atoms with van der Waals surface area (Å²) in [7, 11) is 0. The Balaban J connectivity index is 2.27. The van der Waals surface area contributed by atoms with Gasteiger partial charge >= 0.3 is 0 Å². The molecule has 1 fully saturated rings. The third-order valence-electron chi connectivity index (χ3n) is 3.66. The van der Waals surface area contributed by atoms with Crippen LogP contribution in [0.5, 0.6) is 0 Å². The Labute approximate surface area is 127 Å². The van der Waals surface area contributed by atoms with E-state index in [4.69, 9.17) is 4.74 Å². The van der Waals surface area contributed by atoms with Gasteiger partial charge in [0.1, 0.15) is 11.6 Å². The lowest BCUT2D eigenvalue weighted by Gasteiger charge is -2.31. The standard InChI is InChI=1S/C15H20BrF2NO/c1-2-5-19-15(10-4-3-6-20-9-10)11-7-14(18)12(16)8-13(11)17/h7-8,10,15,19H,2-6,9H2,1H3. The fraction of sp³-hybridized carbons (Fsp3) is 0.600. The summed E-state index contributed by atoms with van der Waals surface area (Å²) in [6.07, 6.45) is 2.89. The lowest BCUT2D eigenvalue weighted by molar-refractivity contribution is 0.0384. The second-order valence-electron chi connectivity index (χ2n) is 5.20. The molecule has 0 radical (unpaired) electrons. The Morgan fingerprint density at radius 1 is 1.40 bits per heavy atom.